The van der Waals surface area contributed by atoms with E-state index >= 15 is 0 Å². The van der Waals surface area contributed by atoms with Gasteiger partial charge < -0.3 is 5.32 Å². The van der Waals surface area contributed by atoms with Gasteiger partial charge in [-0.2, -0.15) is 10.2 Å². The van der Waals surface area contributed by atoms with Gasteiger partial charge >= 0.3 is 0 Å². The average molecular weight is 401 g/mol. The van der Waals surface area contributed by atoms with E-state index in [0.717, 1.165) is 22.5 Å². The van der Waals surface area contributed by atoms with Gasteiger partial charge in [0.2, 0.25) is 5.91 Å². The topological polar surface area (TPSA) is 81.8 Å². The number of rotatable bonds is 5. The third-order valence-corrected chi connectivity index (χ3v) is 5.08. The molecule has 0 radical (unpaired) electrons. The lowest BCUT2D eigenvalue weighted by Gasteiger charge is -2.08. The van der Waals surface area contributed by atoms with E-state index in [0.29, 0.717) is 23.1 Å². The highest BCUT2D eigenvalue weighted by molar-refractivity contribution is 5.83. The van der Waals surface area contributed by atoms with Crippen LogP contribution >= 0.6 is 0 Å². The van der Waals surface area contributed by atoms with E-state index < -0.39 is 0 Å². The second kappa shape index (κ2) is 7.94. The first-order chi connectivity index (χ1) is 14.4. The molecular weight excluding hydrogens is 378 g/mol. The molecule has 2 heterocycles. The number of amides is 1. The van der Waals surface area contributed by atoms with E-state index in [9.17, 15) is 9.59 Å². The number of nitrogens with one attached hydrogen (secondary N) is 1. The van der Waals surface area contributed by atoms with Gasteiger partial charge in [0.15, 0.2) is 0 Å². The summed E-state index contributed by atoms with van der Waals surface area (Å²) in [5, 5.41) is 12.2. The Hall–Kier alpha value is -3.74. The zero-order valence-electron chi connectivity index (χ0n) is 17.2. The Morgan fingerprint density at radius 1 is 0.967 bits per heavy atom. The molecule has 2 aromatic heterocycles. The molecule has 0 bridgehead atoms. The van der Waals surface area contributed by atoms with Crippen LogP contribution in [0.15, 0.2) is 59.4 Å². The number of nitrogens with zero attached hydrogens (tertiary/aromatic N) is 4. The smallest absolute Gasteiger partial charge is 0.278 e. The molecule has 1 N–H and O–H groups in total. The van der Waals surface area contributed by atoms with Gasteiger partial charge in [0.05, 0.1) is 22.5 Å². The van der Waals surface area contributed by atoms with Gasteiger partial charge in [0, 0.05) is 6.54 Å². The van der Waals surface area contributed by atoms with E-state index in [2.05, 4.69) is 15.5 Å². The van der Waals surface area contributed by atoms with Crippen molar-refractivity contribution in [3.63, 3.8) is 0 Å². The predicted molar refractivity (Wildman–Crippen MR) is 116 cm³/mol. The van der Waals surface area contributed by atoms with Gasteiger partial charge in [-0.25, -0.2) is 9.36 Å². The maximum absolute atomic E-state index is 13.1. The molecule has 152 valence electrons. The molecule has 0 aliphatic rings. The van der Waals surface area contributed by atoms with Crippen molar-refractivity contribution in [2.24, 2.45) is 0 Å². The summed E-state index contributed by atoms with van der Waals surface area (Å²) in [6, 6.07) is 17.6. The third kappa shape index (κ3) is 3.74. The minimum atomic E-state index is -0.319. The largest absolute Gasteiger partial charge is 0.350 e. The summed E-state index contributed by atoms with van der Waals surface area (Å²) in [6.07, 6.45) is 0. The minimum Gasteiger partial charge on any atom is -0.350 e. The van der Waals surface area contributed by atoms with Crippen molar-refractivity contribution < 1.29 is 4.79 Å². The van der Waals surface area contributed by atoms with Crippen molar-refractivity contribution in [3.05, 3.63) is 87.5 Å². The lowest BCUT2D eigenvalue weighted by molar-refractivity contribution is -0.122. The lowest BCUT2D eigenvalue weighted by Crippen LogP contribution is -2.33. The minimum absolute atomic E-state index is 0.141. The van der Waals surface area contributed by atoms with Crippen molar-refractivity contribution in [2.45, 2.75) is 33.9 Å². The Kier molecular flexibility index (Phi) is 5.18. The number of aryl methyl sites for hydroxylation is 3. The summed E-state index contributed by atoms with van der Waals surface area (Å²) in [5.74, 6) is -0.267. The number of fused-ring (bicyclic) bond motifs is 1. The highest BCUT2D eigenvalue weighted by Gasteiger charge is 2.18. The molecule has 0 saturated carbocycles. The molecule has 7 heteroatoms. The molecule has 0 aliphatic carbocycles. The monoisotopic (exact) mass is 401 g/mol. The molecule has 30 heavy (non-hydrogen) atoms. The van der Waals surface area contributed by atoms with Crippen LogP contribution < -0.4 is 10.9 Å². The normalized spacial score (nSPS) is 11.0. The fourth-order valence-electron chi connectivity index (χ4n) is 3.44. The SMILES string of the molecule is Cc1ccc(CNC(=O)Cn2nc(C)c3nn(-c4ccccc4)c(C)c3c2=O)cc1. The van der Waals surface area contributed by atoms with Crippen LogP contribution in [0.25, 0.3) is 16.6 Å². The number of aromatic nitrogens is 4. The van der Waals surface area contributed by atoms with Gasteiger partial charge in [-0.1, -0.05) is 48.0 Å². The molecule has 0 spiro atoms. The van der Waals surface area contributed by atoms with Gasteiger partial charge in [0.25, 0.3) is 5.56 Å². The first-order valence-corrected chi connectivity index (χ1v) is 9.79. The molecule has 0 fully saturated rings. The molecule has 0 aliphatic heterocycles. The summed E-state index contributed by atoms with van der Waals surface area (Å²) in [5.41, 5.74) is 4.59. The lowest BCUT2D eigenvalue weighted by atomic mass is 10.1. The summed E-state index contributed by atoms with van der Waals surface area (Å²) >= 11 is 0. The molecule has 0 unspecified atom stereocenters. The van der Waals surface area contributed by atoms with Crippen molar-refractivity contribution in [1.29, 1.82) is 0 Å². The van der Waals surface area contributed by atoms with Gasteiger partial charge in [-0.15, -0.1) is 0 Å². The zero-order chi connectivity index (χ0) is 21.3. The Morgan fingerprint density at radius 3 is 2.37 bits per heavy atom. The van der Waals surface area contributed by atoms with E-state index in [1.807, 2.05) is 68.4 Å². The summed E-state index contributed by atoms with van der Waals surface area (Å²) in [4.78, 5) is 25.5. The number of hydrogen-bond donors (Lipinski definition) is 1. The van der Waals surface area contributed by atoms with Crippen LogP contribution in [-0.4, -0.2) is 25.5 Å². The van der Waals surface area contributed by atoms with E-state index in [4.69, 9.17) is 0 Å². The van der Waals surface area contributed by atoms with Crippen LogP contribution in [0.4, 0.5) is 0 Å². The van der Waals surface area contributed by atoms with Crippen LogP contribution in [0.2, 0.25) is 0 Å². The summed E-state index contributed by atoms with van der Waals surface area (Å²) in [6.45, 7) is 5.92. The van der Waals surface area contributed by atoms with Gasteiger partial charge in [-0.05, 0) is 38.5 Å². The number of benzene rings is 2. The van der Waals surface area contributed by atoms with Crippen molar-refractivity contribution in [3.8, 4) is 5.69 Å². The van der Waals surface area contributed by atoms with Crippen molar-refractivity contribution >= 4 is 16.8 Å². The first-order valence-electron chi connectivity index (χ1n) is 9.79. The fourth-order valence-corrected chi connectivity index (χ4v) is 3.44. The molecule has 1 amide bonds. The van der Waals surface area contributed by atoms with Crippen LogP contribution in [0.3, 0.4) is 0 Å². The van der Waals surface area contributed by atoms with E-state index in [-0.39, 0.29) is 18.0 Å². The zero-order valence-corrected chi connectivity index (χ0v) is 17.2. The Balaban J connectivity index is 1.61. The molecule has 4 aromatic rings. The highest BCUT2D eigenvalue weighted by atomic mass is 16.2. The van der Waals surface area contributed by atoms with Crippen LogP contribution in [0.5, 0.6) is 0 Å². The number of carbonyl (C=O) groups is 1. The maximum atomic E-state index is 13.1. The summed E-state index contributed by atoms with van der Waals surface area (Å²) in [7, 11) is 0. The number of carbonyl (C=O) groups excluding carboxylic acids is 1. The van der Waals surface area contributed by atoms with Crippen LogP contribution in [0.1, 0.15) is 22.5 Å². The molecule has 0 saturated heterocycles. The Labute approximate surface area is 174 Å². The molecular formula is C23H23N5O2. The van der Waals surface area contributed by atoms with Crippen molar-refractivity contribution in [2.75, 3.05) is 0 Å². The standard InChI is InChI=1S/C23H23N5O2/c1-15-9-11-18(12-10-15)13-24-20(29)14-27-23(30)21-17(3)28(19-7-5-4-6-8-19)26-22(21)16(2)25-27/h4-12H,13-14H2,1-3H3,(H,24,29). The quantitative estimate of drug-likeness (QED) is 0.558. The third-order valence-electron chi connectivity index (χ3n) is 5.08. The van der Waals surface area contributed by atoms with E-state index in [1.54, 1.807) is 11.6 Å². The summed E-state index contributed by atoms with van der Waals surface area (Å²) < 4.78 is 2.95. The van der Waals surface area contributed by atoms with Crippen molar-refractivity contribution in [1.82, 2.24) is 24.9 Å². The number of hydrogen-bond acceptors (Lipinski definition) is 4. The maximum Gasteiger partial charge on any atom is 0.278 e. The first kappa shape index (κ1) is 19.6. The molecule has 2 aromatic carbocycles. The second-order valence-corrected chi connectivity index (χ2v) is 7.37. The predicted octanol–water partition coefficient (Wildman–Crippen LogP) is 2.82. The van der Waals surface area contributed by atoms with Gasteiger partial charge in [-0.3, -0.25) is 9.59 Å². The highest BCUT2D eigenvalue weighted by Crippen LogP contribution is 2.19. The second-order valence-electron chi connectivity index (χ2n) is 7.37. The Bertz CT molecular complexity index is 1270. The van der Waals surface area contributed by atoms with E-state index in [1.165, 1.54) is 4.68 Å². The number of para-hydroxylation sites is 1. The van der Waals surface area contributed by atoms with Crippen LogP contribution in [-0.2, 0) is 17.9 Å². The van der Waals surface area contributed by atoms with Crippen LogP contribution in [0, 0.1) is 20.8 Å². The molecule has 0 atom stereocenters. The molecule has 4 rings (SSSR count). The fraction of sp³-hybridized carbons (Fsp3) is 0.217. The average Bonchev–Trinajstić information content (AvgIpc) is 3.10. The molecule has 7 nitrogen and oxygen atoms in total. The van der Waals surface area contributed by atoms with Gasteiger partial charge in [0.1, 0.15) is 12.1 Å². The Morgan fingerprint density at radius 2 is 1.67 bits per heavy atom.